The number of non-ortho nitro benzene ring substituents is 1. The Balaban J connectivity index is 2.29. The lowest BCUT2D eigenvalue weighted by molar-refractivity contribution is -0.734. The van der Waals surface area contributed by atoms with E-state index in [-0.39, 0.29) is 11.4 Å². The molecule has 0 aliphatic rings. The maximum absolute atomic E-state index is 12.0. The van der Waals surface area contributed by atoms with E-state index in [0.717, 1.165) is 4.79 Å². The minimum atomic E-state index is -0.611. The van der Waals surface area contributed by atoms with E-state index in [0.29, 0.717) is 5.56 Å². The second kappa shape index (κ2) is 5.99. The van der Waals surface area contributed by atoms with Crippen molar-refractivity contribution in [2.24, 2.45) is 12.1 Å². The number of carbonyl (C=O) groups excluding carboxylic acids is 1. The molecule has 0 unspecified atom stereocenters. The Labute approximate surface area is 123 Å². The second-order valence-electron chi connectivity index (χ2n) is 4.30. The van der Waals surface area contributed by atoms with Crippen LogP contribution in [0.5, 0.6) is 0 Å². The van der Waals surface area contributed by atoms with Gasteiger partial charge in [-0.2, -0.15) is 4.68 Å². The maximum Gasteiger partial charge on any atom is 0.432 e. The summed E-state index contributed by atoms with van der Waals surface area (Å²) in [5.41, 5.74) is -0.179. The molecule has 0 bridgehead atoms. The fourth-order valence-corrected chi connectivity index (χ4v) is 1.73. The van der Waals surface area contributed by atoms with Crippen LogP contribution >= 0.6 is 0 Å². The molecule has 2 rings (SSSR count). The molecule has 0 atom stereocenters. The number of carbonyl (C=O) groups is 1. The Morgan fingerprint density at radius 3 is 2.64 bits per heavy atom. The summed E-state index contributed by atoms with van der Waals surface area (Å²) in [7, 11) is 2.92. The van der Waals surface area contributed by atoms with E-state index in [1.165, 1.54) is 49.3 Å². The second-order valence-corrected chi connectivity index (χ2v) is 4.30. The molecule has 0 aliphatic heterocycles. The molecule has 0 saturated carbocycles. The van der Waals surface area contributed by atoms with Gasteiger partial charge in [0.25, 0.3) is 5.69 Å². The van der Waals surface area contributed by atoms with E-state index in [4.69, 9.17) is 0 Å². The molecule has 114 valence electrons. The van der Waals surface area contributed by atoms with Crippen LogP contribution in [0.15, 0.2) is 34.2 Å². The number of nitro benzene ring substituents is 1. The number of nitrogens with zero attached hydrogens (tertiary/aromatic N) is 4. The molecular weight excluding hydrogens is 292 g/mol. The van der Waals surface area contributed by atoms with Crippen LogP contribution in [0.3, 0.4) is 0 Å². The number of aryl methyl sites for hydroxylation is 1. The van der Waals surface area contributed by atoms with Crippen LogP contribution in [0.4, 0.5) is 5.69 Å². The molecular formula is C12H13N6O4+. The zero-order valence-corrected chi connectivity index (χ0v) is 11.8. The molecule has 1 aromatic carbocycles. The summed E-state index contributed by atoms with van der Waals surface area (Å²) >= 11 is 0. The monoisotopic (exact) mass is 305 g/mol. The number of hydrogen-bond donors (Lipinski definition) is 2. The zero-order valence-electron chi connectivity index (χ0n) is 11.8. The van der Waals surface area contributed by atoms with E-state index in [1.54, 1.807) is 0 Å². The van der Waals surface area contributed by atoms with Crippen LogP contribution in [-0.4, -0.2) is 34.1 Å². The van der Waals surface area contributed by atoms with Crippen LogP contribution in [-0.2, 0) is 7.05 Å². The summed E-state index contributed by atoms with van der Waals surface area (Å²) in [5, 5.41) is 19.4. The lowest BCUT2D eigenvalue weighted by Crippen LogP contribution is -2.42. The zero-order chi connectivity index (χ0) is 16.3. The molecule has 2 aromatic rings. The number of nitrogens with one attached hydrogen (secondary N) is 2. The molecule has 1 aromatic heterocycles. The average molecular weight is 305 g/mol. The number of hydrogen-bond acceptors (Lipinski definition) is 5. The van der Waals surface area contributed by atoms with E-state index < -0.39 is 16.4 Å². The summed E-state index contributed by atoms with van der Waals surface area (Å²) < 4.78 is 1.24. The summed E-state index contributed by atoms with van der Waals surface area (Å²) in [6, 6.07) is 5.65. The van der Waals surface area contributed by atoms with Crippen molar-refractivity contribution in [3.05, 3.63) is 56.0 Å². The summed E-state index contributed by atoms with van der Waals surface area (Å²) in [5.74, 6) is -0.534. The normalized spacial score (nSPS) is 10.8. The molecule has 22 heavy (non-hydrogen) atoms. The third-order valence-corrected chi connectivity index (χ3v) is 2.84. The van der Waals surface area contributed by atoms with Crippen molar-refractivity contribution >= 4 is 17.8 Å². The Morgan fingerprint density at radius 2 is 2.09 bits per heavy atom. The van der Waals surface area contributed by atoms with Crippen molar-refractivity contribution in [2.75, 3.05) is 7.05 Å². The van der Waals surface area contributed by atoms with Gasteiger partial charge in [0.15, 0.2) is 0 Å². The number of amides is 1. The van der Waals surface area contributed by atoms with Crippen molar-refractivity contribution in [3.8, 4) is 0 Å². The Bertz CT molecular complexity index is 802. The van der Waals surface area contributed by atoms with Crippen LogP contribution < -0.4 is 15.6 Å². The molecule has 2 N–H and O–H groups in total. The Hall–Kier alpha value is -3.30. The van der Waals surface area contributed by atoms with Crippen molar-refractivity contribution in [1.29, 1.82) is 0 Å². The van der Waals surface area contributed by atoms with Crippen LogP contribution in [0.1, 0.15) is 16.1 Å². The molecule has 1 heterocycles. The van der Waals surface area contributed by atoms with E-state index >= 15 is 0 Å². The highest BCUT2D eigenvalue weighted by atomic mass is 16.6. The van der Waals surface area contributed by atoms with Crippen molar-refractivity contribution in [3.63, 3.8) is 0 Å². The average Bonchev–Trinajstić information content (AvgIpc) is 2.79. The van der Waals surface area contributed by atoms with Gasteiger partial charge in [0.05, 0.1) is 11.1 Å². The van der Waals surface area contributed by atoms with Crippen molar-refractivity contribution in [2.45, 2.75) is 0 Å². The SMILES string of the molecule is CNC(=O)c1c(=O)n(/N=C\c2ccc([N+](=O)[O-])cc2)[nH][n+]1C. The van der Waals surface area contributed by atoms with Crippen LogP contribution in [0, 0.1) is 10.1 Å². The van der Waals surface area contributed by atoms with Gasteiger partial charge in [0.2, 0.25) is 0 Å². The van der Waals surface area contributed by atoms with E-state index in [9.17, 15) is 19.7 Å². The summed E-state index contributed by atoms with van der Waals surface area (Å²) in [4.78, 5) is 34.5. The van der Waals surface area contributed by atoms with Gasteiger partial charge >= 0.3 is 17.2 Å². The van der Waals surface area contributed by atoms with Crippen molar-refractivity contribution in [1.82, 2.24) is 15.3 Å². The Morgan fingerprint density at radius 1 is 1.45 bits per heavy atom. The number of nitro groups is 1. The summed E-state index contributed by atoms with van der Waals surface area (Å²) in [6.07, 6.45) is 1.34. The molecule has 10 nitrogen and oxygen atoms in total. The first-order chi connectivity index (χ1) is 10.4. The number of aromatic amines is 1. The topological polar surface area (TPSA) is 126 Å². The number of benzene rings is 1. The minimum absolute atomic E-state index is 0.0394. The third-order valence-electron chi connectivity index (χ3n) is 2.84. The van der Waals surface area contributed by atoms with Gasteiger partial charge in [-0.05, 0) is 17.7 Å². The van der Waals surface area contributed by atoms with Gasteiger partial charge in [-0.25, -0.2) is 4.79 Å². The van der Waals surface area contributed by atoms with Gasteiger partial charge in [-0.1, -0.05) is 10.3 Å². The molecule has 1 amide bonds. The molecule has 0 aliphatic carbocycles. The fraction of sp³-hybridized carbons (Fsp3) is 0.167. The quantitative estimate of drug-likeness (QED) is 0.330. The lowest BCUT2D eigenvalue weighted by atomic mass is 10.2. The van der Waals surface area contributed by atoms with Gasteiger partial charge in [-0.15, -0.1) is 0 Å². The van der Waals surface area contributed by atoms with Crippen LogP contribution in [0.2, 0.25) is 0 Å². The molecule has 10 heteroatoms. The number of H-pyrrole nitrogens is 1. The smallest absolute Gasteiger partial charge is 0.352 e. The standard InChI is InChI=1S/C12H12N6O4/c1-13-11(19)10-12(20)17(15-16(10)2)14-7-8-3-5-9(6-4-8)18(21)22/h3-7H,1-2H3,(H-,13,15,19,20)/p+1/b14-7-. The number of aromatic nitrogens is 3. The number of rotatable bonds is 4. The predicted octanol–water partition coefficient (Wildman–Crippen LogP) is -0.849. The van der Waals surface area contributed by atoms with E-state index in [1.807, 2.05) is 0 Å². The van der Waals surface area contributed by atoms with E-state index in [2.05, 4.69) is 15.6 Å². The molecule has 0 radical (unpaired) electrons. The fourth-order valence-electron chi connectivity index (χ4n) is 1.73. The minimum Gasteiger partial charge on any atom is -0.352 e. The maximum atomic E-state index is 12.0. The molecule has 0 spiro atoms. The predicted molar refractivity (Wildman–Crippen MR) is 75.7 cm³/mol. The Kier molecular flexibility index (Phi) is 4.11. The van der Waals surface area contributed by atoms with Crippen molar-refractivity contribution < 1.29 is 14.4 Å². The molecule has 0 fully saturated rings. The first kappa shape index (κ1) is 15.1. The van der Waals surface area contributed by atoms with Crippen LogP contribution in [0.25, 0.3) is 0 Å². The van der Waals surface area contributed by atoms with Gasteiger partial charge < -0.3 is 5.32 Å². The van der Waals surface area contributed by atoms with Gasteiger partial charge in [0, 0.05) is 24.0 Å². The third kappa shape index (κ3) is 2.90. The largest absolute Gasteiger partial charge is 0.432 e. The first-order valence-corrected chi connectivity index (χ1v) is 6.16. The lowest BCUT2D eigenvalue weighted by Gasteiger charge is -1.91. The highest BCUT2D eigenvalue weighted by molar-refractivity contribution is 5.90. The summed E-state index contributed by atoms with van der Waals surface area (Å²) in [6.45, 7) is 0. The first-order valence-electron chi connectivity index (χ1n) is 6.16. The molecule has 0 saturated heterocycles. The van der Waals surface area contributed by atoms with Gasteiger partial charge in [-0.3, -0.25) is 14.9 Å². The van der Waals surface area contributed by atoms with Gasteiger partial charge in [0.1, 0.15) is 7.05 Å². The highest BCUT2D eigenvalue weighted by Crippen LogP contribution is 2.10. The highest BCUT2D eigenvalue weighted by Gasteiger charge is 2.25.